The van der Waals surface area contributed by atoms with E-state index in [-0.39, 0.29) is 11.1 Å². The summed E-state index contributed by atoms with van der Waals surface area (Å²) in [4.78, 5) is 0. The standard InChI is InChI=1S/C38H32Si/c1-7-19-31(20-8-1)37(32-21-9-2-10-22-32)39(35-27-15-5-16-28-35,36-29-17-6-18-30-36)38(33-23-11-3-12-24-33)34-25-13-4-14-26-34/h1-30,37-38H. The van der Waals surface area contributed by atoms with Gasteiger partial charge in [0.1, 0.15) is 8.07 Å². The predicted octanol–water partition coefficient (Wildman–Crippen LogP) is 7.99. The summed E-state index contributed by atoms with van der Waals surface area (Å²) in [5.74, 6) is 0. The SMILES string of the molecule is c1ccc(C(c2ccccc2)[Si](c2ccccc2)(c2ccccc2)C(c2ccccc2)c2ccccc2)cc1. The van der Waals surface area contributed by atoms with Crippen LogP contribution in [0.1, 0.15) is 33.3 Å². The highest BCUT2D eigenvalue weighted by Gasteiger charge is 2.52. The lowest BCUT2D eigenvalue weighted by molar-refractivity contribution is 0.992. The summed E-state index contributed by atoms with van der Waals surface area (Å²) >= 11 is 0. The summed E-state index contributed by atoms with van der Waals surface area (Å²) in [6.45, 7) is 0. The van der Waals surface area contributed by atoms with Crippen LogP contribution < -0.4 is 10.4 Å². The van der Waals surface area contributed by atoms with Gasteiger partial charge in [0.05, 0.1) is 0 Å². The molecule has 0 aliphatic rings. The van der Waals surface area contributed by atoms with Gasteiger partial charge >= 0.3 is 0 Å². The van der Waals surface area contributed by atoms with Gasteiger partial charge in [0.25, 0.3) is 0 Å². The third-order valence-electron chi connectivity index (χ3n) is 7.95. The Morgan fingerprint density at radius 1 is 0.256 bits per heavy atom. The molecule has 188 valence electrons. The number of hydrogen-bond acceptors (Lipinski definition) is 0. The van der Waals surface area contributed by atoms with E-state index in [0.29, 0.717) is 0 Å². The molecule has 0 N–H and O–H groups in total. The maximum atomic E-state index is 2.39. The quantitative estimate of drug-likeness (QED) is 0.180. The maximum absolute atomic E-state index is 2.77. The van der Waals surface area contributed by atoms with Crippen molar-refractivity contribution in [3.05, 3.63) is 204 Å². The van der Waals surface area contributed by atoms with Gasteiger partial charge in [-0.25, -0.2) is 0 Å². The molecule has 0 aliphatic carbocycles. The summed E-state index contributed by atoms with van der Waals surface area (Å²) in [5.41, 5.74) is 5.80. The Labute approximate surface area is 233 Å². The fourth-order valence-corrected chi connectivity index (χ4v) is 12.8. The van der Waals surface area contributed by atoms with Crippen molar-refractivity contribution in [3.63, 3.8) is 0 Å². The molecule has 0 amide bonds. The van der Waals surface area contributed by atoms with Crippen LogP contribution in [-0.2, 0) is 0 Å². The van der Waals surface area contributed by atoms with Gasteiger partial charge in [-0.15, -0.1) is 0 Å². The Morgan fingerprint density at radius 2 is 0.462 bits per heavy atom. The van der Waals surface area contributed by atoms with Gasteiger partial charge < -0.3 is 0 Å². The van der Waals surface area contributed by atoms with Gasteiger partial charge in [0.15, 0.2) is 0 Å². The fraction of sp³-hybridized carbons (Fsp3) is 0.0526. The molecule has 6 aromatic carbocycles. The normalized spacial score (nSPS) is 11.5. The molecule has 0 atom stereocenters. The monoisotopic (exact) mass is 516 g/mol. The lowest BCUT2D eigenvalue weighted by Crippen LogP contribution is -2.67. The highest BCUT2D eigenvalue weighted by Crippen LogP contribution is 2.45. The molecule has 0 spiro atoms. The minimum absolute atomic E-state index is 0.176. The topological polar surface area (TPSA) is 0 Å². The lowest BCUT2D eigenvalue weighted by Gasteiger charge is -2.47. The third kappa shape index (κ3) is 4.78. The number of rotatable bonds is 8. The van der Waals surface area contributed by atoms with Crippen molar-refractivity contribution >= 4 is 18.4 Å². The van der Waals surface area contributed by atoms with Gasteiger partial charge in [0, 0.05) is 11.1 Å². The molecule has 0 nitrogen and oxygen atoms in total. The largest absolute Gasteiger partial charge is 0.141 e. The van der Waals surface area contributed by atoms with Gasteiger partial charge in [-0.2, -0.15) is 0 Å². The van der Waals surface area contributed by atoms with E-state index in [1.165, 1.54) is 32.6 Å². The van der Waals surface area contributed by atoms with Crippen LogP contribution in [-0.4, -0.2) is 8.07 Å². The van der Waals surface area contributed by atoms with Crippen LogP contribution in [0.2, 0.25) is 0 Å². The molecule has 0 radical (unpaired) electrons. The Morgan fingerprint density at radius 3 is 0.692 bits per heavy atom. The molecule has 6 aromatic rings. The third-order valence-corrected chi connectivity index (χ3v) is 13.7. The van der Waals surface area contributed by atoms with Crippen LogP contribution in [0.15, 0.2) is 182 Å². The fourth-order valence-electron chi connectivity index (χ4n) is 6.45. The second-order valence-corrected chi connectivity index (χ2v) is 14.2. The Balaban J connectivity index is 1.82. The van der Waals surface area contributed by atoms with Crippen LogP contribution >= 0.6 is 0 Å². The van der Waals surface area contributed by atoms with E-state index in [2.05, 4.69) is 182 Å². The molecule has 0 aromatic heterocycles. The average Bonchev–Trinajstić information content (AvgIpc) is 3.03. The average molecular weight is 517 g/mol. The molecule has 0 bridgehead atoms. The number of benzene rings is 6. The van der Waals surface area contributed by atoms with Gasteiger partial charge in [-0.05, 0) is 22.3 Å². The summed E-state index contributed by atoms with van der Waals surface area (Å²) in [7, 11) is -2.77. The first-order valence-corrected chi connectivity index (χ1v) is 15.9. The highest BCUT2D eigenvalue weighted by atomic mass is 28.3. The van der Waals surface area contributed by atoms with Gasteiger partial charge in [-0.1, -0.05) is 192 Å². The van der Waals surface area contributed by atoms with E-state index in [9.17, 15) is 0 Å². The smallest absolute Gasteiger partial charge is 0.0625 e. The summed E-state index contributed by atoms with van der Waals surface area (Å²) in [6, 6.07) is 67.5. The van der Waals surface area contributed by atoms with Crippen molar-refractivity contribution < 1.29 is 0 Å². The van der Waals surface area contributed by atoms with E-state index in [0.717, 1.165) is 0 Å². The summed E-state index contributed by atoms with van der Waals surface area (Å²) in [6.07, 6.45) is 0. The van der Waals surface area contributed by atoms with Crippen LogP contribution in [0, 0.1) is 0 Å². The molecule has 1 heteroatoms. The van der Waals surface area contributed by atoms with Crippen LogP contribution in [0.4, 0.5) is 0 Å². The first kappa shape index (κ1) is 24.8. The van der Waals surface area contributed by atoms with Gasteiger partial charge in [0.2, 0.25) is 0 Å². The second-order valence-electron chi connectivity index (χ2n) is 10.1. The molecular formula is C38H32Si. The first-order valence-electron chi connectivity index (χ1n) is 13.7. The molecule has 0 saturated carbocycles. The summed E-state index contributed by atoms with van der Waals surface area (Å²) < 4.78 is 0. The molecule has 6 rings (SSSR count). The molecule has 0 fully saturated rings. The summed E-state index contributed by atoms with van der Waals surface area (Å²) in [5, 5.41) is 2.87. The van der Waals surface area contributed by atoms with E-state index in [1.54, 1.807) is 0 Å². The van der Waals surface area contributed by atoms with Crippen molar-refractivity contribution in [2.75, 3.05) is 0 Å². The Hall–Kier alpha value is -4.46. The van der Waals surface area contributed by atoms with E-state index in [4.69, 9.17) is 0 Å². The zero-order valence-corrected chi connectivity index (χ0v) is 23.0. The lowest BCUT2D eigenvalue weighted by atomic mass is 10.0. The van der Waals surface area contributed by atoms with E-state index in [1.807, 2.05) is 0 Å². The molecule has 0 unspecified atom stereocenters. The first-order chi connectivity index (χ1) is 19.4. The zero-order chi connectivity index (χ0) is 26.3. The molecular weight excluding hydrogens is 485 g/mol. The van der Waals surface area contributed by atoms with Crippen LogP contribution in [0.3, 0.4) is 0 Å². The van der Waals surface area contributed by atoms with Crippen molar-refractivity contribution in [1.29, 1.82) is 0 Å². The Kier molecular flexibility index (Phi) is 7.33. The minimum atomic E-state index is -2.77. The van der Waals surface area contributed by atoms with Crippen LogP contribution in [0.25, 0.3) is 0 Å². The molecule has 39 heavy (non-hydrogen) atoms. The van der Waals surface area contributed by atoms with Crippen molar-refractivity contribution in [1.82, 2.24) is 0 Å². The molecule has 0 saturated heterocycles. The molecule has 0 aliphatic heterocycles. The van der Waals surface area contributed by atoms with Gasteiger partial charge in [-0.3, -0.25) is 0 Å². The minimum Gasteiger partial charge on any atom is -0.0625 e. The molecule has 0 heterocycles. The van der Waals surface area contributed by atoms with E-state index < -0.39 is 8.07 Å². The van der Waals surface area contributed by atoms with Crippen LogP contribution in [0.5, 0.6) is 0 Å². The zero-order valence-electron chi connectivity index (χ0n) is 22.0. The van der Waals surface area contributed by atoms with Crippen molar-refractivity contribution in [2.45, 2.75) is 11.1 Å². The second kappa shape index (κ2) is 11.5. The van der Waals surface area contributed by atoms with E-state index >= 15 is 0 Å². The highest BCUT2D eigenvalue weighted by molar-refractivity contribution is 7.05. The predicted molar refractivity (Wildman–Crippen MR) is 167 cm³/mol. The number of hydrogen-bond donors (Lipinski definition) is 0. The maximum Gasteiger partial charge on any atom is 0.141 e. The van der Waals surface area contributed by atoms with Crippen molar-refractivity contribution in [3.8, 4) is 0 Å². The van der Waals surface area contributed by atoms with Crippen molar-refractivity contribution in [2.24, 2.45) is 0 Å². The Bertz CT molecular complexity index is 1360.